The van der Waals surface area contributed by atoms with E-state index in [0.717, 1.165) is 38.0 Å². The van der Waals surface area contributed by atoms with Crippen LogP contribution in [0.5, 0.6) is 0 Å². The molecule has 0 radical (unpaired) electrons. The number of aliphatic imine (C=N–C) groups is 1. The maximum atomic E-state index is 5.02. The Hall–Kier alpha value is -0.0800. The molecule has 2 N–H and O–H groups in total. The summed E-state index contributed by atoms with van der Waals surface area (Å²) in [7, 11) is 5.75. The molecule has 0 aliphatic carbocycles. The van der Waals surface area contributed by atoms with Gasteiger partial charge in [0.2, 0.25) is 0 Å². The molecule has 1 atom stereocenters. The fraction of sp³-hybridized carbons (Fsp3) is 0.923. The molecule has 19 heavy (non-hydrogen) atoms. The van der Waals surface area contributed by atoms with Gasteiger partial charge in [0.25, 0.3) is 0 Å². The second-order valence-corrected chi connectivity index (χ2v) is 5.00. The lowest BCUT2D eigenvalue weighted by molar-refractivity contribution is 0.195. The van der Waals surface area contributed by atoms with Gasteiger partial charge in [0, 0.05) is 40.4 Å². The number of rotatable bonds is 6. The van der Waals surface area contributed by atoms with Gasteiger partial charge in [-0.1, -0.05) is 0 Å². The summed E-state index contributed by atoms with van der Waals surface area (Å²) >= 11 is 0. The highest BCUT2D eigenvalue weighted by Gasteiger charge is 2.16. The molecule has 114 valence electrons. The van der Waals surface area contributed by atoms with Gasteiger partial charge in [0.1, 0.15) is 0 Å². The number of nitrogens with one attached hydrogen (secondary N) is 2. The van der Waals surface area contributed by atoms with Crippen LogP contribution in [0.1, 0.15) is 19.3 Å². The molecule has 5 nitrogen and oxygen atoms in total. The number of likely N-dealkylation sites (tertiary alicyclic amines) is 1. The summed E-state index contributed by atoms with van der Waals surface area (Å²) in [6.45, 7) is 5.12. The van der Waals surface area contributed by atoms with Gasteiger partial charge >= 0.3 is 0 Å². The van der Waals surface area contributed by atoms with Crippen molar-refractivity contribution in [3.05, 3.63) is 0 Å². The zero-order valence-electron chi connectivity index (χ0n) is 12.4. The van der Waals surface area contributed by atoms with Crippen LogP contribution in [0.4, 0.5) is 0 Å². The molecule has 0 aromatic rings. The zero-order valence-corrected chi connectivity index (χ0v) is 14.8. The summed E-state index contributed by atoms with van der Waals surface area (Å²) in [5.41, 5.74) is 0. The van der Waals surface area contributed by atoms with E-state index in [9.17, 15) is 0 Å². The predicted molar refractivity (Wildman–Crippen MR) is 91.5 cm³/mol. The van der Waals surface area contributed by atoms with Gasteiger partial charge in [0.05, 0.1) is 0 Å². The topological polar surface area (TPSA) is 48.9 Å². The van der Waals surface area contributed by atoms with E-state index >= 15 is 0 Å². The lowest BCUT2D eigenvalue weighted by atomic mass is 9.99. The van der Waals surface area contributed by atoms with Crippen molar-refractivity contribution >= 4 is 29.9 Å². The summed E-state index contributed by atoms with van der Waals surface area (Å²) in [6.07, 6.45) is 3.63. The number of ether oxygens (including phenoxy) is 1. The van der Waals surface area contributed by atoms with Crippen LogP contribution in [-0.4, -0.2) is 64.9 Å². The minimum atomic E-state index is 0. The van der Waals surface area contributed by atoms with E-state index in [1.54, 1.807) is 7.11 Å². The predicted octanol–water partition coefficient (Wildman–Crippen LogP) is 1.15. The van der Waals surface area contributed by atoms with Crippen LogP contribution < -0.4 is 10.6 Å². The molecule has 1 aliphatic heterocycles. The average Bonchev–Trinajstić information content (AvgIpc) is 2.38. The summed E-state index contributed by atoms with van der Waals surface area (Å²) in [5.74, 6) is 1.64. The molecular formula is C13H29IN4O. The summed E-state index contributed by atoms with van der Waals surface area (Å²) in [5, 5.41) is 6.71. The number of guanidine groups is 1. The summed E-state index contributed by atoms with van der Waals surface area (Å²) in [4.78, 5) is 6.64. The standard InChI is InChI=1S/C13H28N4O.HI/c1-14-13(15-7-5-9-18-3)16-10-12-6-4-8-17(2)11-12;/h12H,4-11H2,1-3H3,(H2,14,15,16);1H. The Bertz CT molecular complexity index is 251. The van der Waals surface area contributed by atoms with Gasteiger partial charge in [-0.3, -0.25) is 4.99 Å². The van der Waals surface area contributed by atoms with Crippen LogP contribution in [0.3, 0.4) is 0 Å². The Balaban J connectivity index is 0.00000324. The van der Waals surface area contributed by atoms with Crippen LogP contribution in [0.25, 0.3) is 0 Å². The first-order valence-corrected chi connectivity index (χ1v) is 6.88. The lowest BCUT2D eigenvalue weighted by Gasteiger charge is -2.30. The molecule has 1 saturated heterocycles. The SMILES string of the molecule is CN=C(NCCCOC)NCC1CCCN(C)C1.I. The van der Waals surface area contributed by atoms with E-state index in [0.29, 0.717) is 0 Å². The van der Waals surface area contributed by atoms with Gasteiger partial charge in [-0.2, -0.15) is 0 Å². The molecule has 0 aromatic carbocycles. The largest absolute Gasteiger partial charge is 0.385 e. The van der Waals surface area contributed by atoms with E-state index in [1.165, 1.54) is 25.9 Å². The first kappa shape index (κ1) is 18.9. The normalized spacial score (nSPS) is 20.8. The van der Waals surface area contributed by atoms with Gasteiger partial charge in [-0.25, -0.2) is 0 Å². The highest BCUT2D eigenvalue weighted by atomic mass is 127. The highest BCUT2D eigenvalue weighted by Crippen LogP contribution is 2.13. The third-order valence-corrected chi connectivity index (χ3v) is 3.32. The number of methoxy groups -OCH3 is 1. The molecule has 1 heterocycles. The Kier molecular flexibility index (Phi) is 11.7. The minimum absolute atomic E-state index is 0. The van der Waals surface area contributed by atoms with Gasteiger partial charge in [-0.05, 0) is 38.8 Å². The zero-order chi connectivity index (χ0) is 13.2. The first-order valence-electron chi connectivity index (χ1n) is 6.88. The van der Waals surface area contributed by atoms with Crippen LogP contribution in [0, 0.1) is 5.92 Å². The van der Waals surface area contributed by atoms with Gasteiger partial charge < -0.3 is 20.3 Å². The Morgan fingerprint density at radius 3 is 2.84 bits per heavy atom. The van der Waals surface area contributed by atoms with Crippen LogP contribution in [0.2, 0.25) is 0 Å². The van der Waals surface area contributed by atoms with Crippen molar-refractivity contribution in [1.82, 2.24) is 15.5 Å². The monoisotopic (exact) mass is 384 g/mol. The number of piperidine rings is 1. The number of hydrogen-bond donors (Lipinski definition) is 2. The fourth-order valence-corrected chi connectivity index (χ4v) is 2.32. The highest BCUT2D eigenvalue weighted by molar-refractivity contribution is 14.0. The van der Waals surface area contributed by atoms with Crippen molar-refractivity contribution in [3.8, 4) is 0 Å². The molecule has 0 spiro atoms. The number of nitrogens with zero attached hydrogens (tertiary/aromatic N) is 2. The lowest BCUT2D eigenvalue weighted by Crippen LogP contribution is -2.43. The van der Waals surface area contributed by atoms with Gasteiger partial charge in [-0.15, -0.1) is 24.0 Å². The second kappa shape index (κ2) is 11.7. The molecule has 0 amide bonds. The smallest absolute Gasteiger partial charge is 0.190 e. The minimum Gasteiger partial charge on any atom is -0.385 e. The molecular weight excluding hydrogens is 355 g/mol. The first-order chi connectivity index (χ1) is 8.76. The maximum Gasteiger partial charge on any atom is 0.190 e. The quantitative estimate of drug-likeness (QED) is 0.312. The molecule has 1 unspecified atom stereocenters. The third-order valence-electron chi connectivity index (χ3n) is 3.32. The number of hydrogen-bond acceptors (Lipinski definition) is 3. The van der Waals surface area contributed by atoms with Crippen LogP contribution in [0.15, 0.2) is 4.99 Å². The Morgan fingerprint density at radius 2 is 2.21 bits per heavy atom. The van der Waals surface area contributed by atoms with Gasteiger partial charge in [0.15, 0.2) is 5.96 Å². The molecule has 1 rings (SSSR count). The van der Waals surface area contributed by atoms with Crippen molar-refractivity contribution in [1.29, 1.82) is 0 Å². The van der Waals surface area contributed by atoms with Crippen molar-refractivity contribution in [2.24, 2.45) is 10.9 Å². The van der Waals surface area contributed by atoms with Crippen molar-refractivity contribution in [3.63, 3.8) is 0 Å². The van der Waals surface area contributed by atoms with Crippen LogP contribution >= 0.6 is 24.0 Å². The average molecular weight is 384 g/mol. The third kappa shape index (κ3) is 8.65. The molecule has 1 fully saturated rings. The molecule has 0 saturated carbocycles. The molecule has 1 aliphatic rings. The Labute approximate surface area is 134 Å². The maximum absolute atomic E-state index is 5.02. The van der Waals surface area contributed by atoms with E-state index in [2.05, 4.69) is 27.6 Å². The van der Waals surface area contributed by atoms with E-state index in [-0.39, 0.29) is 24.0 Å². The fourth-order valence-electron chi connectivity index (χ4n) is 2.32. The molecule has 0 bridgehead atoms. The molecule has 6 heteroatoms. The van der Waals surface area contributed by atoms with Crippen molar-refractivity contribution < 1.29 is 4.74 Å². The van der Waals surface area contributed by atoms with E-state index in [4.69, 9.17) is 4.74 Å². The summed E-state index contributed by atoms with van der Waals surface area (Å²) in [6, 6.07) is 0. The molecule has 0 aromatic heterocycles. The van der Waals surface area contributed by atoms with Crippen molar-refractivity contribution in [2.45, 2.75) is 19.3 Å². The summed E-state index contributed by atoms with van der Waals surface area (Å²) < 4.78 is 5.02. The Morgan fingerprint density at radius 1 is 1.42 bits per heavy atom. The van der Waals surface area contributed by atoms with Crippen molar-refractivity contribution in [2.75, 3.05) is 54.0 Å². The van der Waals surface area contributed by atoms with Crippen LogP contribution in [-0.2, 0) is 4.74 Å². The van der Waals surface area contributed by atoms with E-state index in [1.807, 2.05) is 7.05 Å². The number of halogens is 1. The van der Waals surface area contributed by atoms with E-state index < -0.39 is 0 Å². The second-order valence-electron chi connectivity index (χ2n) is 5.00.